The van der Waals surface area contributed by atoms with Crippen LogP contribution in [0.2, 0.25) is 5.02 Å². The van der Waals surface area contributed by atoms with Crippen molar-refractivity contribution >= 4 is 23.3 Å². The zero-order valence-electron chi connectivity index (χ0n) is 13.8. The fraction of sp³-hybridized carbons (Fsp3) is 0.200. The topological polar surface area (TPSA) is 57.6 Å². The van der Waals surface area contributed by atoms with E-state index < -0.39 is 17.7 Å². The highest BCUT2D eigenvalue weighted by atomic mass is 35.5. The van der Waals surface area contributed by atoms with Crippen molar-refractivity contribution in [1.29, 1.82) is 0 Å². The fourth-order valence-corrected chi connectivity index (χ4v) is 3.26. The minimum Gasteiger partial charge on any atom is -0.503 e. The number of ketones is 1. The lowest BCUT2D eigenvalue weighted by Crippen LogP contribution is -2.32. The molecule has 1 aliphatic heterocycles. The van der Waals surface area contributed by atoms with Gasteiger partial charge in [0.1, 0.15) is 0 Å². The number of aliphatic hydroxyl groups excluding tert-OH is 1. The number of halogens is 1. The monoisotopic (exact) mass is 355 g/mol. The van der Waals surface area contributed by atoms with Gasteiger partial charge in [-0.2, -0.15) is 0 Å². The molecule has 25 heavy (non-hydrogen) atoms. The van der Waals surface area contributed by atoms with E-state index in [-0.39, 0.29) is 11.4 Å². The SMILES string of the molecule is CC(=O)C1=C(O)C(=O)N(CCc2ccccc2)C1c1ccc(Cl)cc1. The first-order chi connectivity index (χ1) is 12.0. The quantitative estimate of drug-likeness (QED) is 0.885. The second-order valence-electron chi connectivity index (χ2n) is 6.01. The number of hydrogen-bond donors (Lipinski definition) is 1. The van der Waals surface area contributed by atoms with E-state index in [9.17, 15) is 14.7 Å². The summed E-state index contributed by atoms with van der Waals surface area (Å²) in [5.74, 6) is -1.28. The Morgan fingerprint density at radius 2 is 1.76 bits per heavy atom. The molecule has 0 radical (unpaired) electrons. The number of rotatable bonds is 5. The molecule has 1 heterocycles. The van der Waals surface area contributed by atoms with Gasteiger partial charge in [-0.1, -0.05) is 54.1 Å². The Morgan fingerprint density at radius 3 is 2.36 bits per heavy atom. The molecule has 0 saturated carbocycles. The van der Waals surface area contributed by atoms with Gasteiger partial charge in [0.25, 0.3) is 5.91 Å². The minimum absolute atomic E-state index is 0.139. The Balaban J connectivity index is 1.93. The first-order valence-corrected chi connectivity index (χ1v) is 8.41. The lowest BCUT2D eigenvalue weighted by atomic mass is 9.96. The second-order valence-corrected chi connectivity index (χ2v) is 6.44. The van der Waals surface area contributed by atoms with Crippen LogP contribution in [0.3, 0.4) is 0 Å². The molecule has 0 fully saturated rings. The van der Waals surface area contributed by atoms with Gasteiger partial charge in [-0.25, -0.2) is 0 Å². The molecular formula is C20H18ClNO3. The second kappa shape index (κ2) is 7.11. The van der Waals surface area contributed by atoms with Crippen molar-refractivity contribution in [2.24, 2.45) is 0 Å². The maximum absolute atomic E-state index is 12.5. The van der Waals surface area contributed by atoms with Crippen molar-refractivity contribution in [3.63, 3.8) is 0 Å². The molecule has 5 heteroatoms. The van der Waals surface area contributed by atoms with Crippen LogP contribution in [0.1, 0.15) is 24.1 Å². The maximum Gasteiger partial charge on any atom is 0.290 e. The molecule has 4 nitrogen and oxygen atoms in total. The number of carbonyl (C=O) groups excluding carboxylic acids is 2. The molecule has 128 valence electrons. The van der Waals surface area contributed by atoms with E-state index in [1.165, 1.54) is 6.92 Å². The van der Waals surface area contributed by atoms with E-state index in [1.54, 1.807) is 29.2 Å². The van der Waals surface area contributed by atoms with Crippen molar-refractivity contribution in [1.82, 2.24) is 4.90 Å². The average molecular weight is 356 g/mol. The predicted octanol–water partition coefficient (Wildman–Crippen LogP) is 3.87. The van der Waals surface area contributed by atoms with Gasteiger partial charge in [0.2, 0.25) is 0 Å². The van der Waals surface area contributed by atoms with E-state index >= 15 is 0 Å². The van der Waals surface area contributed by atoms with Crippen molar-refractivity contribution in [3.05, 3.63) is 82.1 Å². The number of aliphatic hydroxyl groups is 1. The lowest BCUT2D eigenvalue weighted by molar-refractivity contribution is -0.129. The van der Waals surface area contributed by atoms with E-state index in [0.717, 1.165) is 11.1 Å². The van der Waals surface area contributed by atoms with Crippen LogP contribution in [0.15, 0.2) is 65.9 Å². The first kappa shape index (κ1) is 17.2. The average Bonchev–Trinajstić information content (AvgIpc) is 2.86. The van der Waals surface area contributed by atoms with Crippen molar-refractivity contribution < 1.29 is 14.7 Å². The van der Waals surface area contributed by atoms with Gasteiger partial charge in [-0.3, -0.25) is 9.59 Å². The number of benzene rings is 2. The van der Waals surface area contributed by atoms with E-state index in [1.807, 2.05) is 30.3 Å². The zero-order chi connectivity index (χ0) is 18.0. The van der Waals surface area contributed by atoms with Gasteiger partial charge in [0.15, 0.2) is 11.5 Å². The normalized spacial score (nSPS) is 17.3. The summed E-state index contributed by atoms with van der Waals surface area (Å²) in [7, 11) is 0. The highest BCUT2D eigenvalue weighted by molar-refractivity contribution is 6.30. The Bertz CT molecular complexity index is 828. The largest absolute Gasteiger partial charge is 0.503 e. The van der Waals surface area contributed by atoms with Crippen LogP contribution in [-0.2, 0) is 16.0 Å². The molecule has 3 rings (SSSR count). The smallest absolute Gasteiger partial charge is 0.290 e. The zero-order valence-corrected chi connectivity index (χ0v) is 14.5. The minimum atomic E-state index is -0.592. The van der Waals surface area contributed by atoms with Crippen LogP contribution in [0.4, 0.5) is 0 Å². The summed E-state index contributed by atoms with van der Waals surface area (Å²) in [5, 5.41) is 10.8. The number of amides is 1. The van der Waals surface area contributed by atoms with Gasteiger partial charge in [0.05, 0.1) is 11.6 Å². The summed E-state index contributed by atoms with van der Waals surface area (Å²) in [6.07, 6.45) is 0.634. The number of Topliss-reactive ketones (excluding diaryl/α,β-unsaturated/α-hetero) is 1. The van der Waals surface area contributed by atoms with Crippen LogP contribution >= 0.6 is 11.6 Å². The third-order valence-corrected chi connectivity index (χ3v) is 4.60. The third kappa shape index (κ3) is 3.44. The summed E-state index contributed by atoms with van der Waals surface area (Å²) in [5.41, 5.74) is 1.97. The summed E-state index contributed by atoms with van der Waals surface area (Å²) >= 11 is 5.94. The van der Waals surface area contributed by atoms with Gasteiger partial charge < -0.3 is 10.0 Å². The predicted molar refractivity (Wildman–Crippen MR) is 96.4 cm³/mol. The molecule has 0 bridgehead atoms. The maximum atomic E-state index is 12.5. The third-order valence-electron chi connectivity index (χ3n) is 4.35. The van der Waals surface area contributed by atoms with Gasteiger partial charge in [0, 0.05) is 11.6 Å². The standard InChI is InChI=1S/C20H18ClNO3/c1-13(23)17-18(15-7-9-16(21)10-8-15)22(20(25)19(17)24)12-11-14-5-3-2-4-6-14/h2-10,18,24H,11-12H2,1H3. The molecule has 1 N–H and O–H groups in total. The van der Waals surface area contributed by atoms with Crippen molar-refractivity contribution in [2.45, 2.75) is 19.4 Å². The van der Waals surface area contributed by atoms with Gasteiger partial charge >= 0.3 is 0 Å². The molecule has 0 aromatic heterocycles. The Kier molecular flexibility index (Phi) is 4.91. The van der Waals surface area contributed by atoms with Crippen LogP contribution in [-0.4, -0.2) is 28.2 Å². The van der Waals surface area contributed by atoms with Gasteiger partial charge in [-0.05, 0) is 36.6 Å². The summed E-state index contributed by atoms with van der Waals surface area (Å²) in [4.78, 5) is 26.1. The van der Waals surface area contributed by atoms with Crippen molar-refractivity contribution in [3.8, 4) is 0 Å². The van der Waals surface area contributed by atoms with E-state index in [2.05, 4.69) is 0 Å². The van der Waals surface area contributed by atoms with Crippen LogP contribution in [0.25, 0.3) is 0 Å². The summed E-state index contributed by atoms with van der Waals surface area (Å²) in [6.45, 7) is 1.76. The Morgan fingerprint density at radius 1 is 1.12 bits per heavy atom. The molecular weight excluding hydrogens is 338 g/mol. The Labute approximate surface area is 151 Å². The van der Waals surface area contributed by atoms with E-state index in [4.69, 9.17) is 11.6 Å². The highest BCUT2D eigenvalue weighted by Crippen LogP contribution is 2.38. The van der Waals surface area contributed by atoms with Crippen LogP contribution in [0, 0.1) is 0 Å². The number of hydrogen-bond acceptors (Lipinski definition) is 3. The van der Waals surface area contributed by atoms with Crippen LogP contribution < -0.4 is 0 Å². The highest BCUT2D eigenvalue weighted by Gasteiger charge is 2.41. The molecule has 1 amide bonds. The summed E-state index contributed by atoms with van der Waals surface area (Å²) < 4.78 is 0. The lowest BCUT2D eigenvalue weighted by Gasteiger charge is -2.26. The van der Waals surface area contributed by atoms with Crippen LogP contribution in [0.5, 0.6) is 0 Å². The van der Waals surface area contributed by atoms with Gasteiger partial charge in [-0.15, -0.1) is 0 Å². The fourth-order valence-electron chi connectivity index (χ4n) is 3.13. The summed E-state index contributed by atoms with van der Waals surface area (Å²) in [6, 6.07) is 16.2. The van der Waals surface area contributed by atoms with Crippen molar-refractivity contribution in [2.75, 3.05) is 6.54 Å². The molecule has 0 saturated heterocycles. The molecule has 1 aliphatic rings. The van der Waals surface area contributed by atoms with E-state index in [0.29, 0.717) is 18.0 Å². The molecule has 2 aromatic rings. The number of carbonyl (C=O) groups is 2. The molecule has 1 unspecified atom stereocenters. The molecule has 2 aromatic carbocycles. The first-order valence-electron chi connectivity index (χ1n) is 8.03. The molecule has 1 atom stereocenters. The number of nitrogens with zero attached hydrogens (tertiary/aromatic N) is 1. The Hall–Kier alpha value is -2.59. The molecule has 0 spiro atoms. The molecule has 0 aliphatic carbocycles.